The number of nitrogens with one attached hydrogen (secondary N) is 2. The molecule has 3 aromatic rings. The van der Waals surface area contributed by atoms with Gasteiger partial charge in [0.25, 0.3) is 0 Å². The summed E-state index contributed by atoms with van der Waals surface area (Å²) >= 11 is 5.91. The number of morpholine rings is 1. The Kier molecular flexibility index (Phi) is 5.47. The van der Waals surface area contributed by atoms with Crippen LogP contribution in [-0.4, -0.2) is 51.8 Å². The molecule has 0 atom stereocenters. The molecule has 0 saturated carbocycles. The zero-order valence-corrected chi connectivity index (χ0v) is 16.1. The molecule has 8 heteroatoms. The van der Waals surface area contributed by atoms with E-state index in [-0.39, 0.29) is 16.5 Å². The first kappa shape index (κ1) is 18.7. The zero-order valence-electron chi connectivity index (χ0n) is 15.4. The van der Waals surface area contributed by atoms with Crippen LogP contribution in [0.5, 0.6) is 0 Å². The third kappa shape index (κ3) is 4.27. The van der Waals surface area contributed by atoms with Crippen LogP contribution in [0.15, 0.2) is 42.6 Å². The summed E-state index contributed by atoms with van der Waals surface area (Å²) in [5.41, 5.74) is 3.19. The second-order valence-corrected chi connectivity index (χ2v) is 7.22. The van der Waals surface area contributed by atoms with E-state index in [1.54, 1.807) is 6.07 Å². The van der Waals surface area contributed by atoms with Gasteiger partial charge >= 0.3 is 0 Å². The molecule has 144 valence electrons. The Morgan fingerprint density at radius 3 is 2.71 bits per heavy atom. The molecule has 0 spiro atoms. The summed E-state index contributed by atoms with van der Waals surface area (Å²) in [5, 5.41) is 21.6. The van der Waals surface area contributed by atoms with Crippen molar-refractivity contribution in [1.82, 2.24) is 19.7 Å². The molecule has 3 heterocycles. The fourth-order valence-electron chi connectivity index (χ4n) is 3.32. The van der Waals surface area contributed by atoms with E-state index in [4.69, 9.17) is 27.2 Å². The van der Waals surface area contributed by atoms with E-state index in [0.717, 1.165) is 49.3 Å². The summed E-state index contributed by atoms with van der Waals surface area (Å²) in [6, 6.07) is 11.2. The van der Waals surface area contributed by atoms with Gasteiger partial charge in [0.15, 0.2) is 0 Å². The molecule has 1 saturated heterocycles. The maximum absolute atomic E-state index is 8.31. The van der Waals surface area contributed by atoms with Crippen LogP contribution in [0.4, 0.5) is 0 Å². The Morgan fingerprint density at radius 2 is 1.89 bits per heavy atom. The fraction of sp³-hybridized carbons (Fsp3) is 0.300. The van der Waals surface area contributed by atoms with Crippen molar-refractivity contribution in [3.63, 3.8) is 0 Å². The minimum absolute atomic E-state index is 0.129. The van der Waals surface area contributed by atoms with Crippen molar-refractivity contribution in [3.8, 4) is 0 Å². The second-order valence-electron chi connectivity index (χ2n) is 6.84. The van der Waals surface area contributed by atoms with Crippen LogP contribution in [0.1, 0.15) is 11.1 Å². The van der Waals surface area contributed by atoms with Gasteiger partial charge in [-0.3, -0.25) is 20.7 Å². The van der Waals surface area contributed by atoms with E-state index in [0.29, 0.717) is 6.42 Å². The monoisotopic (exact) mass is 396 g/mol. The summed E-state index contributed by atoms with van der Waals surface area (Å²) in [7, 11) is 0. The van der Waals surface area contributed by atoms with Gasteiger partial charge in [-0.15, -0.1) is 0 Å². The molecule has 28 heavy (non-hydrogen) atoms. The quantitative estimate of drug-likeness (QED) is 0.523. The molecular formula is C20H21ClN6O. The average molecular weight is 397 g/mol. The number of hydrogen-bond donors (Lipinski definition) is 2. The largest absolute Gasteiger partial charge is 0.379 e. The molecular weight excluding hydrogens is 376 g/mol. The Balaban J connectivity index is 1.55. The van der Waals surface area contributed by atoms with E-state index in [1.165, 1.54) is 16.3 Å². The molecule has 0 radical (unpaired) electrons. The zero-order chi connectivity index (χ0) is 19.5. The van der Waals surface area contributed by atoms with Gasteiger partial charge in [-0.25, -0.2) is 4.68 Å². The Morgan fingerprint density at radius 1 is 1.11 bits per heavy atom. The fourth-order valence-corrected chi connectivity index (χ4v) is 3.45. The third-order valence-electron chi connectivity index (χ3n) is 4.74. The summed E-state index contributed by atoms with van der Waals surface area (Å²) < 4.78 is 6.66. The Labute approximate surface area is 167 Å². The van der Waals surface area contributed by atoms with Crippen LogP contribution in [-0.2, 0) is 17.7 Å². The molecule has 2 aromatic heterocycles. The normalized spacial score (nSPS) is 15.0. The van der Waals surface area contributed by atoms with E-state index in [9.17, 15) is 0 Å². The van der Waals surface area contributed by atoms with Crippen LogP contribution in [0.25, 0.3) is 10.9 Å². The van der Waals surface area contributed by atoms with Crippen LogP contribution in [0.3, 0.4) is 0 Å². The minimum atomic E-state index is 0.129. The van der Waals surface area contributed by atoms with E-state index in [2.05, 4.69) is 27.1 Å². The number of aromatic nitrogens is 3. The molecule has 4 rings (SSSR count). The summed E-state index contributed by atoms with van der Waals surface area (Å²) in [4.78, 5) is 6.94. The number of rotatable bonds is 4. The number of ether oxygens (including phenoxy) is 1. The number of fused-ring (bicyclic) bond motifs is 1. The number of pyridine rings is 1. The predicted octanol–water partition coefficient (Wildman–Crippen LogP) is 2.46. The molecule has 0 unspecified atom stereocenters. The van der Waals surface area contributed by atoms with Crippen LogP contribution in [0, 0.1) is 10.8 Å². The van der Waals surface area contributed by atoms with Gasteiger partial charge in [-0.05, 0) is 41.5 Å². The molecule has 1 aliphatic heterocycles. The van der Waals surface area contributed by atoms with Crippen molar-refractivity contribution in [2.75, 3.05) is 26.3 Å². The number of halogens is 1. The summed E-state index contributed by atoms with van der Waals surface area (Å²) in [5.74, 6) is 0.198. The van der Waals surface area contributed by atoms with E-state index >= 15 is 0 Å². The molecule has 0 bridgehead atoms. The summed E-state index contributed by atoms with van der Waals surface area (Å²) in [6.07, 6.45) is 2.28. The highest BCUT2D eigenvalue weighted by Crippen LogP contribution is 2.18. The van der Waals surface area contributed by atoms with E-state index < -0.39 is 0 Å². The van der Waals surface area contributed by atoms with Gasteiger partial charge < -0.3 is 4.74 Å². The van der Waals surface area contributed by atoms with E-state index in [1.807, 2.05) is 18.3 Å². The van der Waals surface area contributed by atoms with Crippen molar-refractivity contribution in [1.29, 1.82) is 10.8 Å². The molecule has 7 nitrogen and oxygen atoms in total. The second kappa shape index (κ2) is 8.18. The smallest absolute Gasteiger partial charge is 0.150 e. The van der Waals surface area contributed by atoms with Crippen molar-refractivity contribution < 1.29 is 4.74 Å². The number of nitrogens with zero attached hydrogens (tertiary/aromatic N) is 4. The third-order valence-corrected chi connectivity index (χ3v) is 4.94. The van der Waals surface area contributed by atoms with Crippen molar-refractivity contribution in [3.05, 3.63) is 64.4 Å². The number of benzene rings is 1. The lowest BCUT2D eigenvalue weighted by atomic mass is 10.1. The highest BCUT2D eigenvalue weighted by molar-refractivity contribution is 6.29. The molecule has 1 aromatic carbocycles. The first-order chi connectivity index (χ1) is 13.6. The van der Waals surface area contributed by atoms with Crippen LogP contribution in [0.2, 0.25) is 5.15 Å². The molecule has 1 aliphatic rings. The first-order valence-corrected chi connectivity index (χ1v) is 9.52. The van der Waals surface area contributed by atoms with Gasteiger partial charge in [-0.2, -0.15) is 5.10 Å². The minimum Gasteiger partial charge on any atom is -0.379 e. The van der Waals surface area contributed by atoms with Gasteiger partial charge in [0.05, 0.1) is 18.7 Å². The van der Waals surface area contributed by atoms with Crippen molar-refractivity contribution >= 4 is 28.3 Å². The average Bonchev–Trinajstić information content (AvgIpc) is 2.70. The van der Waals surface area contributed by atoms with Crippen molar-refractivity contribution in [2.45, 2.75) is 13.0 Å². The maximum atomic E-state index is 8.31. The maximum Gasteiger partial charge on any atom is 0.150 e. The van der Waals surface area contributed by atoms with Gasteiger partial charge in [-0.1, -0.05) is 17.7 Å². The number of hydrogen-bond acceptors (Lipinski definition) is 6. The van der Waals surface area contributed by atoms with Crippen LogP contribution >= 0.6 is 11.6 Å². The Bertz CT molecular complexity index is 1070. The molecule has 2 N–H and O–H groups in total. The lowest BCUT2D eigenvalue weighted by molar-refractivity contribution is 0.0341. The highest BCUT2D eigenvalue weighted by atomic mass is 35.5. The lowest BCUT2D eigenvalue weighted by Crippen LogP contribution is -2.35. The van der Waals surface area contributed by atoms with Gasteiger partial charge in [0, 0.05) is 37.6 Å². The lowest BCUT2D eigenvalue weighted by Gasteiger charge is -2.26. The van der Waals surface area contributed by atoms with Crippen molar-refractivity contribution in [2.24, 2.45) is 0 Å². The molecule has 0 amide bonds. The van der Waals surface area contributed by atoms with Gasteiger partial charge in [0.1, 0.15) is 16.5 Å². The standard InChI is InChI=1S/C20H21ClN6O/c21-18-3-4-19(22)27(25-18)20(23)11-14-1-2-17-16(9-14)10-15(12-24-17)13-26-5-7-28-8-6-26/h1-4,9-10,12,22-23H,5-8,11,13H2. The predicted molar refractivity (Wildman–Crippen MR) is 108 cm³/mol. The van der Waals surface area contributed by atoms with Crippen LogP contribution < -0.4 is 5.49 Å². The Hall–Kier alpha value is -2.61. The van der Waals surface area contributed by atoms with Gasteiger partial charge in [0.2, 0.25) is 0 Å². The SMILES string of the molecule is N=C(Cc1ccc2ncc(CN3CCOCC3)cc2c1)n1nc(Cl)ccc1=N. The highest BCUT2D eigenvalue weighted by Gasteiger charge is 2.12. The topological polar surface area (TPSA) is 90.9 Å². The first-order valence-electron chi connectivity index (χ1n) is 9.14. The molecule has 1 fully saturated rings. The molecule has 0 aliphatic carbocycles. The summed E-state index contributed by atoms with van der Waals surface area (Å²) in [6.45, 7) is 4.29.